The molecule has 7 heteroatoms. The summed E-state index contributed by atoms with van der Waals surface area (Å²) >= 11 is 6.53. The van der Waals surface area contributed by atoms with Gasteiger partial charge < -0.3 is 18.9 Å². The van der Waals surface area contributed by atoms with E-state index in [1.54, 1.807) is 19.2 Å². The zero-order valence-electron chi connectivity index (χ0n) is 11.0. The number of cyclic esters (lactones) is 1. The van der Waals surface area contributed by atoms with Crippen LogP contribution in [0.5, 0.6) is 17.2 Å². The maximum atomic E-state index is 11.6. The molecule has 1 heterocycles. The Hall–Kier alpha value is -1.21. The molecular weight excluding hydrogens is 396 g/mol. The third-order valence-electron chi connectivity index (χ3n) is 2.86. The summed E-state index contributed by atoms with van der Waals surface area (Å²) in [6, 6.07) is 3.50. The van der Waals surface area contributed by atoms with Gasteiger partial charge >= 0.3 is 5.97 Å². The van der Waals surface area contributed by atoms with Crippen molar-refractivity contribution in [1.82, 2.24) is 0 Å². The summed E-state index contributed by atoms with van der Waals surface area (Å²) in [6.07, 6.45) is -0.577. The molecule has 0 bridgehead atoms. The topological polar surface area (TPSA) is 54.0 Å². The number of methoxy groups -OCH3 is 3. The molecule has 1 unspecified atom stereocenters. The van der Waals surface area contributed by atoms with Gasteiger partial charge in [-0.3, -0.25) is 0 Å². The van der Waals surface area contributed by atoms with Crippen LogP contribution < -0.4 is 14.2 Å². The molecule has 20 heavy (non-hydrogen) atoms. The van der Waals surface area contributed by atoms with Crippen LogP contribution in [-0.2, 0) is 9.53 Å². The van der Waals surface area contributed by atoms with Gasteiger partial charge in [-0.15, -0.1) is 0 Å². The third-order valence-corrected chi connectivity index (χ3v) is 4.96. The van der Waals surface area contributed by atoms with Crippen LogP contribution in [0.3, 0.4) is 0 Å². The third kappa shape index (κ3) is 2.40. The van der Waals surface area contributed by atoms with Crippen LogP contribution in [0.25, 0.3) is 0 Å². The predicted molar refractivity (Wildman–Crippen MR) is 79.8 cm³/mol. The van der Waals surface area contributed by atoms with Crippen LogP contribution in [0.4, 0.5) is 0 Å². The number of rotatable bonds is 4. The molecule has 0 amide bonds. The van der Waals surface area contributed by atoms with E-state index in [2.05, 4.69) is 31.9 Å². The molecule has 0 fully saturated rings. The highest BCUT2D eigenvalue weighted by molar-refractivity contribution is 9.14. The lowest BCUT2D eigenvalue weighted by Crippen LogP contribution is -2.06. The lowest BCUT2D eigenvalue weighted by molar-refractivity contribution is -0.139. The van der Waals surface area contributed by atoms with Crippen LogP contribution in [0.2, 0.25) is 0 Å². The van der Waals surface area contributed by atoms with Crippen molar-refractivity contribution in [3.8, 4) is 17.2 Å². The van der Waals surface area contributed by atoms with Crippen molar-refractivity contribution in [3.05, 3.63) is 26.7 Å². The van der Waals surface area contributed by atoms with Gasteiger partial charge in [0.25, 0.3) is 0 Å². The van der Waals surface area contributed by atoms with Gasteiger partial charge in [-0.2, -0.15) is 0 Å². The van der Waals surface area contributed by atoms with Crippen LogP contribution in [0.1, 0.15) is 11.7 Å². The van der Waals surface area contributed by atoms with Crippen LogP contribution in [0.15, 0.2) is 21.1 Å². The van der Waals surface area contributed by atoms with E-state index in [-0.39, 0.29) is 0 Å². The van der Waals surface area contributed by atoms with Gasteiger partial charge in [0.15, 0.2) is 17.6 Å². The second-order valence-electron chi connectivity index (χ2n) is 3.87. The Morgan fingerprint density at radius 1 is 1.05 bits per heavy atom. The molecule has 0 saturated heterocycles. The van der Waals surface area contributed by atoms with Gasteiger partial charge in [-0.25, -0.2) is 4.79 Å². The maximum Gasteiger partial charge on any atom is 0.347 e. The fourth-order valence-corrected chi connectivity index (χ4v) is 2.76. The fourth-order valence-electron chi connectivity index (χ4n) is 1.95. The van der Waals surface area contributed by atoms with Crippen molar-refractivity contribution in [2.45, 2.75) is 6.10 Å². The molecule has 1 aromatic rings. The van der Waals surface area contributed by atoms with E-state index in [1.165, 1.54) is 14.2 Å². The lowest BCUT2D eigenvalue weighted by atomic mass is 10.1. The number of hydrogen-bond donors (Lipinski definition) is 0. The normalized spacial score (nSPS) is 18.1. The minimum Gasteiger partial charge on any atom is -0.493 e. The standard InChI is InChI=1S/C13H12Br2O5/c1-17-7-5-4-6(11(18-2)12(7)19-3)10-8(14)9(15)13(16)20-10/h4-5,10H,1-3H3. The summed E-state index contributed by atoms with van der Waals surface area (Å²) < 4.78 is 22.2. The SMILES string of the molecule is COc1ccc(C2OC(=O)C(Br)=C2Br)c(OC)c1OC. The average molecular weight is 408 g/mol. The van der Waals surface area contributed by atoms with E-state index in [4.69, 9.17) is 18.9 Å². The number of benzene rings is 1. The van der Waals surface area contributed by atoms with Gasteiger partial charge in [0.2, 0.25) is 5.75 Å². The smallest absolute Gasteiger partial charge is 0.347 e. The van der Waals surface area contributed by atoms with E-state index in [9.17, 15) is 4.79 Å². The Morgan fingerprint density at radius 2 is 1.70 bits per heavy atom. The lowest BCUT2D eigenvalue weighted by Gasteiger charge is -2.19. The summed E-state index contributed by atoms with van der Waals surface area (Å²) in [6.45, 7) is 0. The largest absolute Gasteiger partial charge is 0.493 e. The van der Waals surface area contributed by atoms with Crippen molar-refractivity contribution < 1.29 is 23.7 Å². The van der Waals surface area contributed by atoms with E-state index in [0.717, 1.165) is 0 Å². The van der Waals surface area contributed by atoms with Gasteiger partial charge in [0.1, 0.15) is 4.48 Å². The second-order valence-corrected chi connectivity index (χ2v) is 5.52. The van der Waals surface area contributed by atoms with Crippen molar-refractivity contribution >= 4 is 37.8 Å². The molecule has 5 nitrogen and oxygen atoms in total. The first kappa shape index (κ1) is 15.2. The van der Waals surface area contributed by atoms with E-state index < -0.39 is 12.1 Å². The highest BCUT2D eigenvalue weighted by Crippen LogP contribution is 2.49. The fraction of sp³-hybridized carbons (Fsp3) is 0.308. The number of halogens is 2. The Balaban J connectivity index is 2.56. The summed E-state index contributed by atoms with van der Waals surface area (Å²) in [4.78, 5) is 11.6. The summed E-state index contributed by atoms with van der Waals surface area (Å²) in [5.41, 5.74) is 0.667. The van der Waals surface area contributed by atoms with E-state index >= 15 is 0 Å². The Labute approximate surface area is 133 Å². The average Bonchev–Trinajstić information content (AvgIpc) is 2.72. The zero-order chi connectivity index (χ0) is 14.9. The highest BCUT2D eigenvalue weighted by atomic mass is 79.9. The zero-order valence-corrected chi connectivity index (χ0v) is 14.2. The molecular formula is C13H12Br2O5. The first-order valence-electron chi connectivity index (χ1n) is 5.60. The number of esters is 1. The molecule has 0 N–H and O–H groups in total. The minimum atomic E-state index is -0.577. The van der Waals surface area contributed by atoms with Gasteiger partial charge in [-0.05, 0) is 44.0 Å². The molecule has 2 rings (SSSR count). The van der Waals surface area contributed by atoms with Crippen LogP contribution in [0, 0.1) is 0 Å². The molecule has 1 atom stereocenters. The van der Waals surface area contributed by atoms with Gasteiger partial charge in [0.05, 0.1) is 25.8 Å². The van der Waals surface area contributed by atoms with Crippen LogP contribution >= 0.6 is 31.9 Å². The first-order valence-corrected chi connectivity index (χ1v) is 7.18. The van der Waals surface area contributed by atoms with E-state index in [1.807, 2.05) is 0 Å². The molecule has 0 spiro atoms. The molecule has 0 aliphatic carbocycles. The molecule has 1 aromatic carbocycles. The Morgan fingerprint density at radius 3 is 2.15 bits per heavy atom. The number of carbonyl (C=O) groups is 1. The summed E-state index contributed by atoms with van der Waals surface area (Å²) in [5.74, 6) is 1.02. The van der Waals surface area contributed by atoms with E-state index in [0.29, 0.717) is 31.8 Å². The molecule has 0 radical (unpaired) electrons. The summed E-state index contributed by atoms with van der Waals surface area (Å²) in [7, 11) is 4.58. The first-order chi connectivity index (χ1) is 9.54. The van der Waals surface area contributed by atoms with Crippen molar-refractivity contribution in [2.24, 2.45) is 0 Å². The van der Waals surface area contributed by atoms with Crippen LogP contribution in [-0.4, -0.2) is 27.3 Å². The monoisotopic (exact) mass is 406 g/mol. The molecule has 1 aliphatic heterocycles. The Bertz CT molecular complexity index is 582. The van der Waals surface area contributed by atoms with Crippen molar-refractivity contribution in [2.75, 3.05) is 21.3 Å². The highest BCUT2D eigenvalue weighted by Gasteiger charge is 2.35. The Kier molecular flexibility index (Phi) is 4.59. The van der Waals surface area contributed by atoms with Crippen molar-refractivity contribution in [3.63, 3.8) is 0 Å². The molecule has 0 aromatic heterocycles. The molecule has 1 aliphatic rings. The number of carbonyl (C=O) groups excluding carboxylic acids is 1. The number of hydrogen-bond acceptors (Lipinski definition) is 5. The number of ether oxygens (including phenoxy) is 4. The van der Waals surface area contributed by atoms with Gasteiger partial charge in [-0.1, -0.05) is 0 Å². The van der Waals surface area contributed by atoms with Crippen molar-refractivity contribution in [1.29, 1.82) is 0 Å². The quantitative estimate of drug-likeness (QED) is 0.716. The maximum absolute atomic E-state index is 11.6. The van der Waals surface area contributed by atoms with Gasteiger partial charge in [0, 0.05) is 5.56 Å². The molecule has 108 valence electrons. The minimum absolute atomic E-state index is 0.360. The predicted octanol–water partition coefficient (Wildman–Crippen LogP) is 3.31. The summed E-state index contributed by atoms with van der Waals surface area (Å²) in [5, 5.41) is 0. The second kappa shape index (κ2) is 6.05. The molecule has 0 saturated carbocycles.